The first kappa shape index (κ1) is 11.9. The van der Waals surface area contributed by atoms with E-state index < -0.39 is 0 Å². The Morgan fingerprint density at radius 1 is 1.24 bits per heavy atom. The van der Waals surface area contributed by atoms with Gasteiger partial charge in [-0.05, 0) is 29.7 Å². The number of nitrogens with two attached hydrogens (primary N) is 1. The molecule has 3 nitrogen and oxygen atoms in total. The van der Waals surface area contributed by atoms with Gasteiger partial charge in [0.25, 0.3) is 0 Å². The molecule has 1 aromatic carbocycles. The SMILES string of the molecule is CCc1ccccc1C(Cc1ccco1)NN. The third-order valence-electron chi connectivity index (χ3n) is 3.00. The van der Waals surface area contributed by atoms with Gasteiger partial charge in [-0.2, -0.15) is 0 Å². The molecular weight excluding hydrogens is 212 g/mol. The Bertz CT molecular complexity index is 451. The van der Waals surface area contributed by atoms with Crippen LogP contribution in [0.1, 0.15) is 29.9 Å². The molecule has 1 unspecified atom stereocenters. The van der Waals surface area contributed by atoms with Crippen LogP contribution >= 0.6 is 0 Å². The average molecular weight is 230 g/mol. The molecule has 0 aliphatic rings. The van der Waals surface area contributed by atoms with Crippen LogP contribution in [0.4, 0.5) is 0 Å². The monoisotopic (exact) mass is 230 g/mol. The molecule has 17 heavy (non-hydrogen) atoms. The zero-order valence-corrected chi connectivity index (χ0v) is 10.0. The van der Waals surface area contributed by atoms with Crippen molar-refractivity contribution in [2.24, 2.45) is 5.84 Å². The fraction of sp³-hybridized carbons (Fsp3) is 0.286. The molecule has 0 saturated carbocycles. The maximum Gasteiger partial charge on any atom is 0.105 e. The Labute approximate surface area is 102 Å². The van der Waals surface area contributed by atoms with E-state index in [1.165, 1.54) is 11.1 Å². The van der Waals surface area contributed by atoms with Crippen molar-refractivity contribution in [3.63, 3.8) is 0 Å². The minimum Gasteiger partial charge on any atom is -0.469 e. The molecule has 0 amide bonds. The van der Waals surface area contributed by atoms with E-state index in [-0.39, 0.29) is 6.04 Å². The lowest BCUT2D eigenvalue weighted by atomic mass is 9.96. The fourth-order valence-electron chi connectivity index (χ4n) is 2.08. The minimum atomic E-state index is 0.0947. The Kier molecular flexibility index (Phi) is 3.96. The number of nitrogens with one attached hydrogen (secondary N) is 1. The first-order chi connectivity index (χ1) is 8.35. The highest BCUT2D eigenvalue weighted by Crippen LogP contribution is 2.22. The van der Waals surface area contributed by atoms with Crippen molar-refractivity contribution >= 4 is 0 Å². The standard InChI is InChI=1S/C14H18N2O/c1-2-11-6-3-4-8-13(11)14(16-15)10-12-7-5-9-17-12/h3-9,14,16H,2,10,15H2,1H3. The summed E-state index contributed by atoms with van der Waals surface area (Å²) in [5.74, 6) is 6.60. The van der Waals surface area contributed by atoms with Crippen molar-refractivity contribution in [1.29, 1.82) is 0 Å². The average Bonchev–Trinajstić information content (AvgIpc) is 2.89. The first-order valence-corrected chi connectivity index (χ1v) is 5.91. The highest BCUT2D eigenvalue weighted by Gasteiger charge is 2.14. The molecule has 1 atom stereocenters. The van der Waals surface area contributed by atoms with Crippen LogP contribution in [0.25, 0.3) is 0 Å². The third-order valence-corrected chi connectivity index (χ3v) is 3.00. The molecule has 3 N–H and O–H groups in total. The van der Waals surface area contributed by atoms with Crippen LogP contribution in [0.15, 0.2) is 47.1 Å². The van der Waals surface area contributed by atoms with Crippen molar-refractivity contribution < 1.29 is 4.42 Å². The van der Waals surface area contributed by atoms with Crippen molar-refractivity contribution in [1.82, 2.24) is 5.43 Å². The van der Waals surface area contributed by atoms with Crippen LogP contribution in [-0.4, -0.2) is 0 Å². The lowest BCUT2D eigenvalue weighted by Gasteiger charge is -2.18. The van der Waals surface area contributed by atoms with Crippen molar-refractivity contribution in [3.8, 4) is 0 Å². The Morgan fingerprint density at radius 2 is 2.06 bits per heavy atom. The van der Waals surface area contributed by atoms with E-state index in [1.807, 2.05) is 18.2 Å². The summed E-state index contributed by atoms with van der Waals surface area (Å²) in [6, 6.07) is 12.3. The number of hydrogen-bond acceptors (Lipinski definition) is 3. The summed E-state index contributed by atoms with van der Waals surface area (Å²) in [6.07, 6.45) is 3.46. The van der Waals surface area contributed by atoms with Gasteiger partial charge in [-0.25, -0.2) is 0 Å². The predicted octanol–water partition coefficient (Wildman–Crippen LogP) is 2.59. The molecule has 0 aliphatic heterocycles. The molecule has 1 aromatic heterocycles. The van der Waals surface area contributed by atoms with Crippen LogP contribution < -0.4 is 11.3 Å². The number of benzene rings is 1. The molecule has 2 rings (SSSR count). The molecule has 0 bridgehead atoms. The Hall–Kier alpha value is -1.58. The normalized spacial score (nSPS) is 12.6. The van der Waals surface area contributed by atoms with Crippen LogP contribution in [0.2, 0.25) is 0 Å². The summed E-state index contributed by atoms with van der Waals surface area (Å²) in [6.45, 7) is 2.15. The van der Waals surface area contributed by atoms with Crippen LogP contribution in [0.5, 0.6) is 0 Å². The molecule has 3 heteroatoms. The van der Waals surface area contributed by atoms with E-state index in [9.17, 15) is 0 Å². The van der Waals surface area contributed by atoms with Crippen LogP contribution in [-0.2, 0) is 12.8 Å². The molecule has 0 radical (unpaired) electrons. The molecule has 1 heterocycles. The minimum absolute atomic E-state index is 0.0947. The van der Waals surface area contributed by atoms with Gasteiger partial charge in [-0.15, -0.1) is 0 Å². The fourth-order valence-corrected chi connectivity index (χ4v) is 2.08. The number of aryl methyl sites for hydroxylation is 1. The largest absolute Gasteiger partial charge is 0.469 e. The smallest absolute Gasteiger partial charge is 0.105 e. The molecular formula is C14H18N2O. The maximum atomic E-state index is 5.65. The zero-order chi connectivity index (χ0) is 12.1. The van der Waals surface area contributed by atoms with Crippen molar-refractivity contribution in [2.75, 3.05) is 0 Å². The second kappa shape index (κ2) is 5.66. The molecule has 0 fully saturated rings. The van der Waals surface area contributed by atoms with E-state index in [1.54, 1.807) is 6.26 Å². The van der Waals surface area contributed by atoms with Gasteiger partial charge >= 0.3 is 0 Å². The Morgan fingerprint density at radius 3 is 2.71 bits per heavy atom. The number of hydrazine groups is 1. The quantitative estimate of drug-likeness (QED) is 0.613. The van der Waals surface area contributed by atoms with Gasteiger partial charge < -0.3 is 4.42 Å². The number of hydrogen-bond donors (Lipinski definition) is 2. The van der Waals surface area contributed by atoms with Gasteiger partial charge in [0.1, 0.15) is 5.76 Å². The Balaban J connectivity index is 2.22. The summed E-state index contributed by atoms with van der Waals surface area (Å²) in [5.41, 5.74) is 5.44. The number of furan rings is 1. The lowest BCUT2D eigenvalue weighted by molar-refractivity contribution is 0.453. The van der Waals surface area contributed by atoms with Gasteiger partial charge in [0.2, 0.25) is 0 Å². The predicted molar refractivity (Wildman–Crippen MR) is 68.3 cm³/mol. The topological polar surface area (TPSA) is 51.2 Å². The van der Waals surface area contributed by atoms with Gasteiger partial charge in [-0.3, -0.25) is 11.3 Å². The molecule has 90 valence electrons. The van der Waals surface area contributed by atoms with Crippen LogP contribution in [0.3, 0.4) is 0 Å². The third kappa shape index (κ3) is 2.75. The second-order valence-electron chi connectivity index (χ2n) is 4.06. The van der Waals surface area contributed by atoms with Gasteiger partial charge in [-0.1, -0.05) is 31.2 Å². The highest BCUT2D eigenvalue weighted by atomic mass is 16.3. The van der Waals surface area contributed by atoms with E-state index >= 15 is 0 Å². The number of rotatable bonds is 5. The highest BCUT2D eigenvalue weighted by molar-refractivity contribution is 5.30. The van der Waals surface area contributed by atoms with Crippen molar-refractivity contribution in [2.45, 2.75) is 25.8 Å². The molecule has 2 aromatic rings. The molecule has 0 aliphatic carbocycles. The summed E-state index contributed by atoms with van der Waals surface area (Å²) >= 11 is 0. The van der Waals surface area contributed by atoms with E-state index in [2.05, 4.69) is 30.5 Å². The molecule has 0 saturated heterocycles. The lowest BCUT2D eigenvalue weighted by Crippen LogP contribution is -2.30. The summed E-state index contributed by atoms with van der Waals surface area (Å²) < 4.78 is 5.37. The summed E-state index contributed by atoms with van der Waals surface area (Å²) in [5, 5.41) is 0. The summed E-state index contributed by atoms with van der Waals surface area (Å²) in [4.78, 5) is 0. The van der Waals surface area contributed by atoms with Crippen LogP contribution in [0, 0.1) is 0 Å². The van der Waals surface area contributed by atoms with Gasteiger partial charge in [0, 0.05) is 6.42 Å². The summed E-state index contributed by atoms with van der Waals surface area (Å²) in [7, 11) is 0. The second-order valence-corrected chi connectivity index (χ2v) is 4.06. The molecule has 0 spiro atoms. The first-order valence-electron chi connectivity index (χ1n) is 5.91. The van der Waals surface area contributed by atoms with E-state index in [0.29, 0.717) is 0 Å². The van der Waals surface area contributed by atoms with Crippen molar-refractivity contribution in [3.05, 3.63) is 59.5 Å². The van der Waals surface area contributed by atoms with Gasteiger partial charge in [0.15, 0.2) is 0 Å². The van der Waals surface area contributed by atoms with Gasteiger partial charge in [0.05, 0.1) is 12.3 Å². The maximum absolute atomic E-state index is 5.65. The zero-order valence-electron chi connectivity index (χ0n) is 10.0. The van der Waals surface area contributed by atoms with E-state index in [4.69, 9.17) is 10.3 Å². The van der Waals surface area contributed by atoms with E-state index in [0.717, 1.165) is 18.6 Å².